The molecule has 86 valence electrons. The molecule has 0 atom stereocenters. The van der Waals surface area contributed by atoms with Crippen LogP contribution in [0.15, 0.2) is 18.6 Å². The Morgan fingerprint density at radius 3 is 2.69 bits per heavy atom. The lowest BCUT2D eigenvalue weighted by atomic mass is 10.3. The monoisotopic (exact) mass is 222 g/mol. The third kappa shape index (κ3) is 4.04. The fourth-order valence-electron chi connectivity index (χ4n) is 1.04. The van der Waals surface area contributed by atoms with Gasteiger partial charge in [0.2, 0.25) is 5.91 Å². The molecule has 6 nitrogen and oxygen atoms in total. The smallest absolute Gasteiger partial charge is 0.271 e. The van der Waals surface area contributed by atoms with Crippen molar-refractivity contribution in [2.24, 2.45) is 0 Å². The highest BCUT2D eigenvalue weighted by atomic mass is 16.2. The Balaban J connectivity index is 2.39. The standard InChI is InChI=1S/C10H14N4O2/c1-7(2)14-9(15)6-13-10(16)8-5-11-3-4-12-8/h3-5,7H,6H2,1-2H3,(H,13,16)(H,14,15). The molecule has 0 unspecified atom stereocenters. The van der Waals surface area contributed by atoms with Crippen LogP contribution >= 0.6 is 0 Å². The second-order valence-corrected chi connectivity index (χ2v) is 3.50. The van der Waals surface area contributed by atoms with Crippen LogP contribution in [0.25, 0.3) is 0 Å². The van der Waals surface area contributed by atoms with Crippen molar-refractivity contribution in [1.29, 1.82) is 0 Å². The molecular formula is C10H14N4O2. The molecule has 1 rings (SSSR count). The first-order valence-corrected chi connectivity index (χ1v) is 4.93. The Morgan fingerprint density at radius 2 is 2.12 bits per heavy atom. The van der Waals surface area contributed by atoms with Crippen LogP contribution in [0.2, 0.25) is 0 Å². The third-order valence-corrected chi connectivity index (χ3v) is 1.65. The first-order chi connectivity index (χ1) is 7.59. The molecule has 0 aliphatic rings. The van der Waals surface area contributed by atoms with Crippen molar-refractivity contribution < 1.29 is 9.59 Å². The molecule has 2 amide bonds. The average Bonchev–Trinajstić information content (AvgIpc) is 2.26. The summed E-state index contributed by atoms with van der Waals surface area (Å²) in [4.78, 5) is 30.2. The summed E-state index contributed by atoms with van der Waals surface area (Å²) in [5.41, 5.74) is 0.194. The molecule has 0 saturated carbocycles. The van der Waals surface area contributed by atoms with E-state index in [0.29, 0.717) is 0 Å². The van der Waals surface area contributed by atoms with Crippen LogP contribution in [-0.2, 0) is 4.79 Å². The summed E-state index contributed by atoms with van der Waals surface area (Å²) >= 11 is 0. The van der Waals surface area contributed by atoms with Gasteiger partial charge in [0.05, 0.1) is 12.7 Å². The minimum Gasteiger partial charge on any atom is -0.352 e. The number of aromatic nitrogens is 2. The summed E-state index contributed by atoms with van der Waals surface area (Å²) in [6.07, 6.45) is 4.24. The van der Waals surface area contributed by atoms with Crippen LogP contribution in [0.3, 0.4) is 0 Å². The Kier molecular flexibility index (Phi) is 4.38. The summed E-state index contributed by atoms with van der Waals surface area (Å²) in [5, 5.41) is 5.11. The van der Waals surface area contributed by atoms with Gasteiger partial charge in [-0.1, -0.05) is 0 Å². The summed E-state index contributed by atoms with van der Waals surface area (Å²) in [6.45, 7) is 3.64. The number of amides is 2. The van der Waals surface area contributed by atoms with Crippen molar-refractivity contribution >= 4 is 11.8 Å². The van der Waals surface area contributed by atoms with Gasteiger partial charge >= 0.3 is 0 Å². The molecule has 6 heteroatoms. The minimum atomic E-state index is -0.410. The van der Waals surface area contributed by atoms with Gasteiger partial charge in [0.25, 0.3) is 5.91 Å². The van der Waals surface area contributed by atoms with Gasteiger partial charge in [0.1, 0.15) is 5.69 Å². The number of hydrogen-bond donors (Lipinski definition) is 2. The van der Waals surface area contributed by atoms with Crippen molar-refractivity contribution in [3.8, 4) is 0 Å². The van der Waals surface area contributed by atoms with Crippen LogP contribution in [0.4, 0.5) is 0 Å². The molecule has 16 heavy (non-hydrogen) atoms. The van der Waals surface area contributed by atoms with Gasteiger partial charge in [0, 0.05) is 18.4 Å². The SMILES string of the molecule is CC(C)NC(=O)CNC(=O)c1cnccn1. The highest BCUT2D eigenvalue weighted by Gasteiger charge is 2.09. The van der Waals surface area contributed by atoms with Crippen molar-refractivity contribution in [2.75, 3.05) is 6.54 Å². The van der Waals surface area contributed by atoms with Gasteiger partial charge in [-0.05, 0) is 13.8 Å². The molecular weight excluding hydrogens is 208 g/mol. The van der Waals surface area contributed by atoms with E-state index in [0.717, 1.165) is 0 Å². The number of rotatable bonds is 4. The van der Waals surface area contributed by atoms with Crippen molar-refractivity contribution in [3.05, 3.63) is 24.3 Å². The van der Waals surface area contributed by atoms with Gasteiger partial charge in [0.15, 0.2) is 0 Å². The maximum atomic E-state index is 11.4. The predicted molar refractivity (Wildman–Crippen MR) is 57.6 cm³/mol. The maximum Gasteiger partial charge on any atom is 0.271 e. The highest BCUT2D eigenvalue weighted by molar-refractivity contribution is 5.94. The van der Waals surface area contributed by atoms with Crippen molar-refractivity contribution in [2.45, 2.75) is 19.9 Å². The summed E-state index contributed by atoms with van der Waals surface area (Å²) in [5.74, 6) is -0.640. The summed E-state index contributed by atoms with van der Waals surface area (Å²) in [6, 6.07) is 0.0564. The Labute approximate surface area is 93.5 Å². The van der Waals surface area contributed by atoms with Crippen LogP contribution in [0.1, 0.15) is 24.3 Å². The van der Waals surface area contributed by atoms with E-state index in [1.807, 2.05) is 13.8 Å². The topological polar surface area (TPSA) is 84.0 Å². The Morgan fingerprint density at radius 1 is 1.38 bits per heavy atom. The molecule has 0 fully saturated rings. The molecule has 0 saturated heterocycles. The van der Waals surface area contributed by atoms with Gasteiger partial charge in [-0.25, -0.2) is 4.98 Å². The number of hydrogen-bond acceptors (Lipinski definition) is 4. The van der Waals surface area contributed by atoms with Crippen LogP contribution in [0.5, 0.6) is 0 Å². The van der Waals surface area contributed by atoms with Crippen LogP contribution < -0.4 is 10.6 Å². The number of carbonyl (C=O) groups excluding carboxylic acids is 2. The molecule has 1 aromatic rings. The lowest BCUT2D eigenvalue weighted by Crippen LogP contribution is -2.40. The van der Waals surface area contributed by atoms with E-state index in [1.165, 1.54) is 18.6 Å². The molecule has 0 aliphatic carbocycles. The zero-order valence-corrected chi connectivity index (χ0v) is 9.23. The molecule has 0 bridgehead atoms. The second-order valence-electron chi connectivity index (χ2n) is 3.50. The van der Waals surface area contributed by atoms with E-state index in [9.17, 15) is 9.59 Å². The van der Waals surface area contributed by atoms with E-state index in [4.69, 9.17) is 0 Å². The Bertz CT molecular complexity index is 364. The summed E-state index contributed by atoms with van der Waals surface area (Å²) in [7, 11) is 0. The number of nitrogens with one attached hydrogen (secondary N) is 2. The lowest BCUT2D eigenvalue weighted by molar-refractivity contribution is -0.120. The highest BCUT2D eigenvalue weighted by Crippen LogP contribution is 1.88. The summed E-state index contributed by atoms with van der Waals surface area (Å²) < 4.78 is 0. The zero-order valence-electron chi connectivity index (χ0n) is 9.23. The minimum absolute atomic E-state index is 0.0564. The molecule has 0 radical (unpaired) electrons. The van der Waals surface area contributed by atoms with Crippen LogP contribution in [0, 0.1) is 0 Å². The van der Waals surface area contributed by atoms with Gasteiger partial charge in [-0.15, -0.1) is 0 Å². The molecule has 0 spiro atoms. The molecule has 1 aromatic heterocycles. The van der Waals surface area contributed by atoms with Gasteiger partial charge in [-0.3, -0.25) is 14.6 Å². The maximum absolute atomic E-state index is 11.4. The lowest BCUT2D eigenvalue weighted by Gasteiger charge is -2.08. The quantitative estimate of drug-likeness (QED) is 0.734. The molecule has 2 N–H and O–H groups in total. The third-order valence-electron chi connectivity index (χ3n) is 1.65. The second kappa shape index (κ2) is 5.79. The van der Waals surface area contributed by atoms with E-state index in [-0.39, 0.29) is 24.2 Å². The van der Waals surface area contributed by atoms with E-state index < -0.39 is 5.91 Å². The number of nitrogens with zero attached hydrogens (tertiary/aromatic N) is 2. The number of carbonyl (C=O) groups is 2. The largest absolute Gasteiger partial charge is 0.352 e. The fourth-order valence-corrected chi connectivity index (χ4v) is 1.04. The first kappa shape index (κ1) is 12.1. The zero-order chi connectivity index (χ0) is 12.0. The molecule has 0 aliphatic heterocycles. The van der Waals surface area contributed by atoms with Crippen LogP contribution in [-0.4, -0.2) is 34.4 Å². The van der Waals surface area contributed by atoms with Gasteiger partial charge in [-0.2, -0.15) is 0 Å². The Hall–Kier alpha value is -1.98. The van der Waals surface area contributed by atoms with E-state index in [2.05, 4.69) is 20.6 Å². The predicted octanol–water partition coefficient (Wildman–Crippen LogP) is -0.269. The first-order valence-electron chi connectivity index (χ1n) is 4.93. The van der Waals surface area contributed by atoms with Crippen molar-refractivity contribution in [1.82, 2.24) is 20.6 Å². The van der Waals surface area contributed by atoms with Gasteiger partial charge < -0.3 is 10.6 Å². The van der Waals surface area contributed by atoms with E-state index in [1.54, 1.807) is 0 Å². The fraction of sp³-hybridized carbons (Fsp3) is 0.400. The normalized spacial score (nSPS) is 9.94. The average molecular weight is 222 g/mol. The van der Waals surface area contributed by atoms with Crippen molar-refractivity contribution in [3.63, 3.8) is 0 Å². The molecule has 1 heterocycles. The van der Waals surface area contributed by atoms with E-state index >= 15 is 0 Å². The molecule has 0 aromatic carbocycles.